The molecule has 2 aromatic rings. The predicted molar refractivity (Wildman–Crippen MR) is 88.4 cm³/mol. The maximum atomic E-state index is 9.36. The molecule has 0 aliphatic carbocycles. The summed E-state index contributed by atoms with van der Waals surface area (Å²) in [6.45, 7) is 4.22. The van der Waals surface area contributed by atoms with Crippen LogP contribution in [0.3, 0.4) is 0 Å². The predicted octanol–water partition coefficient (Wildman–Crippen LogP) is 3.08. The Balaban J connectivity index is 1.65. The summed E-state index contributed by atoms with van der Waals surface area (Å²) in [5.74, 6) is 1.68. The number of aliphatic hydroxyl groups is 1. The first kappa shape index (κ1) is 16.4. The van der Waals surface area contributed by atoms with E-state index in [2.05, 4.69) is 22.0 Å². The molecule has 0 bridgehead atoms. The van der Waals surface area contributed by atoms with E-state index < -0.39 is 0 Å². The number of aromatic nitrogens is 2. The van der Waals surface area contributed by atoms with Gasteiger partial charge in [-0.05, 0) is 49.9 Å². The fraction of sp³-hybridized carbons (Fsp3) is 0.529. The highest BCUT2D eigenvalue weighted by Gasteiger charge is 2.27. The Kier molecular flexibility index (Phi) is 5.30. The number of likely N-dealkylation sites (tertiary alicyclic amines) is 1. The van der Waals surface area contributed by atoms with E-state index in [0.717, 1.165) is 36.5 Å². The van der Waals surface area contributed by atoms with Crippen molar-refractivity contribution in [3.8, 4) is 0 Å². The van der Waals surface area contributed by atoms with Crippen molar-refractivity contribution < 1.29 is 9.63 Å². The van der Waals surface area contributed by atoms with Crippen LogP contribution in [0.25, 0.3) is 0 Å². The molecule has 2 unspecified atom stereocenters. The second-order valence-electron chi connectivity index (χ2n) is 6.21. The van der Waals surface area contributed by atoms with Crippen molar-refractivity contribution in [3.63, 3.8) is 0 Å². The minimum Gasteiger partial charge on any atom is -0.396 e. The number of hydrogen-bond donors (Lipinski definition) is 1. The molecule has 1 aromatic carbocycles. The average molecular weight is 336 g/mol. The fourth-order valence-electron chi connectivity index (χ4n) is 3.05. The third kappa shape index (κ3) is 4.10. The molecular weight excluding hydrogens is 314 g/mol. The van der Waals surface area contributed by atoms with Crippen LogP contribution < -0.4 is 0 Å². The van der Waals surface area contributed by atoms with Crippen LogP contribution in [-0.4, -0.2) is 39.8 Å². The van der Waals surface area contributed by atoms with Gasteiger partial charge in [0.15, 0.2) is 5.82 Å². The van der Waals surface area contributed by atoms with Crippen molar-refractivity contribution in [2.75, 3.05) is 19.7 Å². The van der Waals surface area contributed by atoms with Crippen LogP contribution in [0.5, 0.6) is 0 Å². The van der Waals surface area contributed by atoms with Gasteiger partial charge in [0, 0.05) is 24.6 Å². The lowest BCUT2D eigenvalue weighted by Crippen LogP contribution is -2.38. The standard InChI is InChI=1S/C17H22ClN3O2/c1-12(21-8-2-3-14(10-21)11-22)17-19-16(20-23-17)9-13-4-6-15(18)7-5-13/h4-7,12,14,22H,2-3,8-11H2,1H3. The molecule has 0 spiro atoms. The summed E-state index contributed by atoms with van der Waals surface area (Å²) in [5, 5.41) is 14.2. The third-order valence-electron chi connectivity index (χ3n) is 4.47. The van der Waals surface area contributed by atoms with Crippen molar-refractivity contribution in [2.24, 2.45) is 5.92 Å². The Labute approximate surface area is 141 Å². The molecule has 23 heavy (non-hydrogen) atoms. The minimum absolute atomic E-state index is 0.0795. The maximum Gasteiger partial charge on any atom is 0.243 e. The van der Waals surface area contributed by atoms with Gasteiger partial charge in [0.1, 0.15) is 0 Å². The van der Waals surface area contributed by atoms with E-state index in [1.54, 1.807) is 0 Å². The molecule has 2 heterocycles. The molecule has 0 radical (unpaired) electrons. The lowest BCUT2D eigenvalue weighted by atomic mass is 9.98. The molecule has 0 saturated carbocycles. The first-order valence-electron chi connectivity index (χ1n) is 8.07. The average Bonchev–Trinajstić information content (AvgIpc) is 3.05. The van der Waals surface area contributed by atoms with Crippen molar-refractivity contribution in [2.45, 2.75) is 32.2 Å². The van der Waals surface area contributed by atoms with Crippen LogP contribution in [0, 0.1) is 5.92 Å². The van der Waals surface area contributed by atoms with Gasteiger partial charge in [-0.3, -0.25) is 4.90 Å². The molecule has 1 fully saturated rings. The third-order valence-corrected chi connectivity index (χ3v) is 4.72. The molecule has 1 saturated heterocycles. The molecule has 1 aromatic heterocycles. The fourth-order valence-corrected chi connectivity index (χ4v) is 3.17. The van der Waals surface area contributed by atoms with Gasteiger partial charge in [-0.2, -0.15) is 4.98 Å². The van der Waals surface area contributed by atoms with Gasteiger partial charge in [-0.15, -0.1) is 0 Å². The van der Waals surface area contributed by atoms with E-state index >= 15 is 0 Å². The monoisotopic (exact) mass is 335 g/mol. The van der Waals surface area contributed by atoms with Crippen LogP contribution in [0.15, 0.2) is 28.8 Å². The zero-order valence-corrected chi connectivity index (χ0v) is 14.0. The van der Waals surface area contributed by atoms with Crippen molar-refractivity contribution in [1.29, 1.82) is 0 Å². The Morgan fingerprint density at radius 1 is 1.39 bits per heavy atom. The van der Waals surface area contributed by atoms with E-state index in [0.29, 0.717) is 24.1 Å². The van der Waals surface area contributed by atoms with Gasteiger partial charge in [0.25, 0.3) is 0 Å². The van der Waals surface area contributed by atoms with Crippen molar-refractivity contribution in [1.82, 2.24) is 15.0 Å². The summed E-state index contributed by atoms with van der Waals surface area (Å²) < 4.78 is 5.45. The highest BCUT2D eigenvalue weighted by atomic mass is 35.5. The highest BCUT2D eigenvalue weighted by Crippen LogP contribution is 2.25. The summed E-state index contributed by atoms with van der Waals surface area (Å²) in [5.41, 5.74) is 1.10. The molecule has 6 heteroatoms. The first-order chi connectivity index (χ1) is 11.2. The summed E-state index contributed by atoms with van der Waals surface area (Å²) >= 11 is 5.90. The normalized spacial score (nSPS) is 20.6. The summed E-state index contributed by atoms with van der Waals surface area (Å²) in [7, 11) is 0. The lowest BCUT2D eigenvalue weighted by Gasteiger charge is -2.34. The second-order valence-corrected chi connectivity index (χ2v) is 6.65. The van der Waals surface area contributed by atoms with Crippen LogP contribution in [0.1, 0.15) is 43.1 Å². The minimum atomic E-state index is 0.0795. The van der Waals surface area contributed by atoms with Crippen molar-refractivity contribution >= 4 is 11.6 Å². The van der Waals surface area contributed by atoms with Crippen LogP contribution >= 0.6 is 11.6 Å². The van der Waals surface area contributed by atoms with E-state index in [1.807, 2.05) is 24.3 Å². The Hall–Kier alpha value is -1.43. The van der Waals surface area contributed by atoms with Gasteiger partial charge < -0.3 is 9.63 Å². The van der Waals surface area contributed by atoms with Crippen molar-refractivity contribution in [3.05, 3.63) is 46.6 Å². The first-order valence-corrected chi connectivity index (χ1v) is 8.45. The van der Waals surface area contributed by atoms with Gasteiger partial charge in [0.2, 0.25) is 5.89 Å². The van der Waals surface area contributed by atoms with E-state index in [9.17, 15) is 5.11 Å². The summed E-state index contributed by atoms with van der Waals surface area (Å²) in [6, 6.07) is 7.75. The zero-order valence-electron chi connectivity index (χ0n) is 13.3. The summed E-state index contributed by atoms with van der Waals surface area (Å²) in [4.78, 5) is 6.85. The molecule has 0 amide bonds. The summed E-state index contributed by atoms with van der Waals surface area (Å²) in [6.07, 6.45) is 2.82. The molecule has 2 atom stereocenters. The number of aliphatic hydroxyl groups excluding tert-OH is 1. The van der Waals surface area contributed by atoms with E-state index in [4.69, 9.17) is 16.1 Å². The molecular formula is C17H22ClN3O2. The van der Waals surface area contributed by atoms with Gasteiger partial charge in [0.05, 0.1) is 6.04 Å². The second kappa shape index (κ2) is 7.43. The Bertz CT molecular complexity index is 629. The number of benzene rings is 1. The topological polar surface area (TPSA) is 62.4 Å². The lowest BCUT2D eigenvalue weighted by molar-refractivity contribution is 0.0810. The van der Waals surface area contributed by atoms with Gasteiger partial charge in [-0.1, -0.05) is 28.9 Å². The van der Waals surface area contributed by atoms with Crippen LogP contribution in [0.2, 0.25) is 5.02 Å². The largest absolute Gasteiger partial charge is 0.396 e. The number of rotatable bonds is 5. The number of halogens is 1. The van der Waals surface area contributed by atoms with Crippen LogP contribution in [-0.2, 0) is 6.42 Å². The number of piperidine rings is 1. The SMILES string of the molecule is CC(c1nc(Cc2ccc(Cl)cc2)no1)N1CCCC(CO)C1. The zero-order chi connectivity index (χ0) is 16.2. The molecule has 5 nitrogen and oxygen atoms in total. The molecule has 1 N–H and O–H groups in total. The quantitative estimate of drug-likeness (QED) is 0.909. The molecule has 1 aliphatic heterocycles. The number of hydrogen-bond acceptors (Lipinski definition) is 5. The molecule has 3 rings (SSSR count). The Morgan fingerprint density at radius 2 is 2.17 bits per heavy atom. The van der Waals surface area contributed by atoms with Gasteiger partial charge >= 0.3 is 0 Å². The van der Waals surface area contributed by atoms with E-state index in [-0.39, 0.29) is 12.6 Å². The maximum absolute atomic E-state index is 9.36. The molecule has 124 valence electrons. The Morgan fingerprint density at radius 3 is 2.91 bits per heavy atom. The highest BCUT2D eigenvalue weighted by molar-refractivity contribution is 6.30. The van der Waals surface area contributed by atoms with Crippen LogP contribution in [0.4, 0.5) is 0 Å². The smallest absolute Gasteiger partial charge is 0.243 e. The molecule has 1 aliphatic rings. The van der Waals surface area contributed by atoms with E-state index in [1.165, 1.54) is 0 Å². The number of nitrogens with zero attached hydrogens (tertiary/aromatic N) is 3. The van der Waals surface area contributed by atoms with Gasteiger partial charge in [-0.25, -0.2) is 0 Å².